The topological polar surface area (TPSA) is 24.9 Å². The molecule has 19 heavy (non-hydrogen) atoms. The lowest BCUT2D eigenvalue weighted by atomic mass is 10.1. The molecule has 0 saturated heterocycles. The van der Waals surface area contributed by atoms with Crippen LogP contribution in [0.15, 0.2) is 59.8 Å². The number of pyridine rings is 1. The van der Waals surface area contributed by atoms with Gasteiger partial charge in [-0.1, -0.05) is 48.2 Å². The second-order valence-corrected chi connectivity index (χ2v) is 5.30. The molecule has 0 aliphatic heterocycles. The quantitative estimate of drug-likeness (QED) is 0.817. The Morgan fingerprint density at radius 2 is 1.84 bits per heavy atom. The molecule has 0 aliphatic carbocycles. The van der Waals surface area contributed by atoms with Crippen molar-refractivity contribution in [3.05, 3.63) is 60.3 Å². The van der Waals surface area contributed by atoms with E-state index in [0.29, 0.717) is 5.25 Å². The summed E-state index contributed by atoms with van der Waals surface area (Å²) in [6.07, 6.45) is 2.95. The number of aromatic nitrogens is 1. The van der Waals surface area contributed by atoms with Crippen molar-refractivity contribution in [2.45, 2.75) is 16.7 Å². The summed E-state index contributed by atoms with van der Waals surface area (Å²) in [5.41, 5.74) is 1.36. The van der Waals surface area contributed by atoms with Crippen LogP contribution in [0.3, 0.4) is 0 Å². The third kappa shape index (κ3) is 5.23. The maximum atomic E-state index is 4.39. The van der Waals surface area contributed by atoms with Crippen molar-refractivity contribution in [1.82, 2.24) is 10.3 Å². The third-order valence-corrected chi connectivity index (χ3v) is 4.00. The molecule has 4 heteroatoms. The molecule has 0 bridgehead atoms. The van der Waals surface area contributed by atoms with E-state index in [4.69, 9.17) is 0 Å². The molecule has 0 aliphatic rings. The summed E-state index contributed by atoms with van der Waals surface area (Å²) in [5.74, 6) is 0. The van der Waals surface area contributed by atoms with Crippen LogP contribution in [-0.2, 0) is 0 Å². The maximum absolute atomic E-state index is 4.39. The van der Waals surface area contributed by atoms with Gasteiger partial charge in [0.15, 0.2) is 0 Å². The van der Waals surface area contributed by atoms with Gasteiger partial charge in [-0.25, -0.2) is 4.98 Å². The number of thioether (sulfide) groups is 1. The van der Waals surface area contributed by atoms with Gasteiger partial charge in [0, 0.05) is 11.4 Å². The smallest absolute Gasteiger partial charge is 0.0965 e. The van der Waals surface area contributed by atoms with Gasteiger partial charge in [0.1, 0.15) is 0 Å². The Labute approximate surface area is 125 Å². The highest BCUT2D eigenvalue weighted by Gasteiger charge is 2.12. The van der Waals surface area contributed by atoms with Gasteiger partial charge >= 0.3 is 0 Å². The van der Waals surface area contributed by atoms with E-state index in [2.05, 4.69) is 46.7 Å². The summed E-state index contributed by atoms with van der Waals surface area (Å²) in [5, 5.41) is 4.76. The lowest BCUT2D eigenvalue weighted by molar-refractivity contribution is 0.714. The number of nitrogens with one attached hydrogen (secondary N) is 1. The summed E-state index contributed by atoms with van der Waals surface area (Å²) >= 11 is 1.83. The lowest BCUT2D eigenvalue weighted by Crippen LogP contribution is -2.10. The summed E-state index contributed by atoms with van der Waals surface area (Å²) in [4.78, 5) is 4.39. The molecule has 102 valence electrons. The molecule has 1 unspecified atom stereocenters. The molecule has 1 N–H and O–H groups in total. The van der Waals surface area contributed by atoms with Gasteiger partial charge in [-0.3, -0.25) is 0 Å². The van der Waals surface area contributed by atoms with E-state index in [1.807, 2.05) is 37.1 Å². The largest absolute Gasteiger partial charge is 0.320 e. The van der Waals surface area contributed by atoms with Crippen molar-refractivity contribution >= 4 is 24.2 Å². The highest BCUT2D eigenvalue weighted by Crippen LogP contribution is 2.36. The fourth-order valence-electron chi connectivity index (χ4n) is 1.80. The normalized spacial score (nSPS) is 11.6. The molecule has 1 aromatic heterocycles. The van der Waals surface area contributed by atoms with Gasteiger partial charge in [0.25, 0.3) is 0 Å². The number of benzene rings is 1. The molecule has 2 nitrogen and oxygen atoms in total. The van der Waals surface area contributed by atoms with Crippen molar-refractivity contribution in [1.29, 1.82) is 0 Å². The first-order chi connectivity index (χ1) is 8.90. The van der Waals surface area contributed by atoms with Gasteiger partial charge in [0.2, 0.25) is 0 Å². The Bertz CT molecular complexity index is 450. The molecule has 0 spiro atoms. The summed E-state index contributed by atoms with van der Waals surface area (Å²) in [6.45, 7) is 1.01. The van der Waals surface area contributed by atoms with Crippen molar-refractivity contribution in [2.75, 3.05) is 13.6 Å². The summed E-state index contributed by atoms with van der Waals surface area (Å²) in [7, 11) is 1.99. The van der Waals surface area contributed by atoms with E-state index in [1.54, 1.807) is 0 Å². The first-order valence-electron chi connectivity index (χ1n) is 6.17. The van der Waals surface area contributed by atoms with Crippen LogP contribution in [-0.4, -0.2) is 18.6 Å². The number of rotatable bonds is 6. The highest BCUT2D eigenvalue weighted by atomic mass is 35.5. The minimum absolute atomic E-state index is 0. The van der Waals surface area contributed by atoms with E-state index < -0.39 is 0 Å². The number of hydrogen-bond acceptors (Lipinski definition) is 3. The van der Waals surface area contributed by atoms with Gasteiger partial charge in [0.05, 0.1) is 5.03 Å². The molecule has 2 aromatic rings. The molecule has 0 amide bonds. The van der Waals surface area contributed by atoms with Crippen LogP contribution >= 0.6 is 24.2 Å². The monoisotopic (exact) mass is 294 g/mol. The van der Waals surface area contributed by atoms with E-state index in [1.165, 1.54) is 5.56 Å². The van der Waals surface area contributed by atoms with Gasteiger partial charge < -0.3 is 5.32 Å². The van der Waals surface area contributed by atoms with Gasteiger partial charge in [-0.05, 0) is 37.7 Å². The third-order valence-electron chi connectivity index (χ3n) is 2.73. The van der Waals surface area contributed by atoms with Gasteiger partial charge in [-0.2, -0.15) is 0 Å². The van der Waals surface area contributed by atoms with Crippen LogP contribution in [0.2, 0.25) is 0 Å². The van der Waals surface area contributed by atoms with Crippen LogP contribution in [0.1, 0.15) is 17.2 Å². The van der Waals surface area contributed by atoms with E-state index in [-0.39, 0.29) is 12.4 Å². The van der Waals surface area contributed by atoms with E-state index in [0.717, 1.165) is 18.0 Å². The maximum Gasteiger partial charge on any atom is 0.0965 e. The molecular weight excluding hydrogens is 276 g/mol. The standard InChI is InChI=1S/C15H18N2S.ClH/c1-16-12-10-14(13-7-3-2-4-8-13)18-15-9-5-6-11-17-15;/h2-9,11,14,16H,10,12H2,1H3;1H. The Hall–Kier alpha value is -1.03. The van der Waals surface area contributed by atoms with Crippen LogP contribution in [0, 0.1) is 0 Å². The second-order valence-electron chi connectivity index (χ2n) is 4.08. The number of halogens is 1. The van der Waals surface area contributed by atoms with Gasteiger partial charge in [-0.15, -0.1) is 12.4 Å². The van der Waals surface area contributed by atoms with Crippen molar-refractivity contribution < 1.29 is 0 Å². The highest BCUT2D eigenvalue weighted by molar-refractivity contribution is 7.99. The minimum Gasteiger partial charge on any atom is -0.320 e. The molecule has 1 atom stereocenters. The van der Waals surface area contributed by atoms with Crippen molar-refractivity contribution in [2.24, 2.45) is 0 Å². The average Bonchev–Trinajstić information content (AvgIpc) is 2.45. The molecule has 0 radical (unpaired) electrons. The van der Waals surface area contributed by atoms with Crippen molar-refractivity contribution in [3.63, 3.8) is 0 Å². The van der Waals surface area contributed by atoms with Crippen molar-refractivity contribution in [3.8, 4) is 0 Å². The van der Waals surface area contributed by atoms with E-state index >= 15 is 0 Å². The SMILES string of the molecule is CNCCC(Sc1ccccn1)c1ccccc1.Cl. The summed E-state index contributed by atoms with van der Waals surface area (Å²) in [6, 6.07) is 16.7. The van der Waals surface area contributed by atoms with E-state index in [9.17, 15) is 0 Å². The zero-order valence-electron chi connectivity index (χ0n) is 11.0. The second kappa shape index (κ2) is 8.97. The number of hydrogen-bond donors (Lipinski definition) is 1. The first-order valence-corrected chi connectivity index (χ1v) is 7.05. The fraction of sp³-hybridized carbons (Fsp3) is 0.267. The predicted octanol–water partition coefficient (Wildman–Crippen LogP) is 3.95. The first kappa shape index (κ1) is 16.0. The predicted molar refractivity (Wildman–Crippen MR) is 85.1 cm³/mol. The van der Waals surface area contributed by atoms with Crippen LogP contribution < -0.4 is 5.32 Å². The van der Waals surface area contributed by atoms with Crippen LogP contribution in [0.5, 0.6) is 0 Å². The molecule has 0 saturated carbocycles. The Morgan fingerprint density at radius 3 is 2.47 bits per heavy atom. The molecule has 1 aromatic carbocycles. The molecule has 1 heterocycles. The van der Waals surface area contributed by atoms with Crippen LogP contribution in [0.25, 0.3) is 0 Å². The zero-order chi connectivity index (χ0) is 12.6. The zero-order valence-corrected chi connectivity index (χ0v) is 12.6. The summed E-state index contributed by atoms with van der Waals surface area (Å²) < 4.78 is 0. The van der Waals surface area contributed by atoms with Crippen LogP contribution in [0.4, 0.5) is 0 Å². The molecule has 2 rings (SSSR count). The Morgan fingerprint density at radius 1 is 1.11 bits per heavy atom. The average molecular weight is 295 g/mol. The Kier molecular flexibility index (Phi) is 7.56. The Balaban J connectivity index is 0.00000180. The lowest BCUT2D eigenvalue weighted by Gasteiger charge is -2.16. The molecule has 0 fully saturated rings. The fourth-order valence-corrected chi connectivity index (χ4v) is 2.90. The minimum atomic E-state index is 0. The number of nitrogens with zero attached hydrogens (tertiary/aromatic N) is 1. The molecular formula is C15H19ClN2S.